The second kappa shape index (κ2) is 6.92. The van der Waals surface area contributed by atoms with Crippen LogP contribution in [-0.2, 0) is 16.6 Å². The minimum absolute atomic E-state index is 0.172. The second-order valence-corrected chi connectivity index (χ2v) is 7.12. The summed E-state index contributed by atoms with van der Waals surface area (Å²) in [5.74, 6) is 1.12. The topological polar surface area (TPSA) is 43.1 Å². The molecule has 0 N–H and O–H groups in total. The summed E-state index contributed by atoms with van der Waals surface area (Å²) in [5.41, 5.74) is 4.03. The Morgan fingerprint density at radius 2 is 1.74 bits per heavy atom. The monoisotopic (exact) mass is 325 g/mol. The van der Waals surface area contributed by atoms with Gasteiger partial charge in [0.25, 0.3) is 0 Å². The first-order chi connectivity index (χ1) is 11.1. The average molecular weight is 325 g/mol. The highest BCUT2D eigenvalue weighted by atomic mass is 32.2. The molecule has 0 saturated carbocycles. The summed E-state index contributed by atoms with van der Waals surface area (Å²) in [6.07, 6.45) is 0. The molecule has 0 fully saturated rings. The van der Waals surface area contributed by atoms with E-state index in [1.807, 2.05) is 55.5 Å². The average Bonchev–Trinajstić information content (AvgIpc) is 2.95. The first-order valence-corrected chi connectivity index (χ1v) is 8.93. The standard InChI is InChI=1S/C19H19NO2S/c1-14-8-6-7-11-18(14)19(16-9-4-3-5-10-16)23(21)13-17-12-15(2)22-20-17/h3-12,19H,13H2,1-2H3/t19-,23+/m1/s1. The smallest absolute Gasteiger partial charge is 0.133 e. The Bertz CT molecular complexity index is 811. The largest absolute Gasteiger partial charge is 0.361 e. The van der Waals surface area contributed by atoms with Crippen LogP contribution in [-0.4, -0.2) is 9.37 Å². The van der Waals surface area contributed by atoms with Crippen molar-refractivity contribution in [2.24, 2.45) is 0 Å². The summed E-state index contributed by atoms with van der Waals surface area (Å²) in [7, 11) is -1.13. The number of hydrogen-bond donors (Lipinski definition) is 0. The van der Waals surface area contributed by atoms with Crippen LogP contribution in [0.15, 0.2) is 65.2 Å². The first kappa shape index (κ1) is 15.7. The van der Waals surface area contributed by atoms with E-state index in [2.05, 4.69) is 24.2 Å². The van der Waals surface area contributed by atoms with E-state index in [1.165, 1.54) is 0 Å². The molecular weight excluding hydrogens is 306 g/mol. The Morgan fingerprint density at radius 1 is 1.04 bits per heavy atom. The van der Waals surface area contributed by atoms with Crippen LogP contribution in [0.4, 0.5) is 0 Å². The van der Waals surface area contributed by atoms with Gasteiger partial charge in [-0.3, -0.25) is 4.21 Å². The van der Waals surface area contributed by atoms with Gasteiger partial charge in [-0.25, -0.2) is 0 Å². The molecule has 0 unspecified atom stereocenters. The van der Waals surface area contributed by atoms with Gasteiger partial charge in [0, 0.05) is 16.9 Å². The Hall–Kier alpha value is -2.20. The second-order valence-electron chi connectivity index (χ2n) is 5.60. The zero-order valence-electron chi connectivity index (χ0n) is 13.2. The van der Waals surface area contributed by atoms with E-state index >= 15 is 0 Å². The fourth-order valence-corrected chi connectivity index (χ4v) is 4.30. The van der Waals surface area contributed by atoms with E-state index in [0.29, 0.717) is 5.75 Å². The van der Waals surface area contributed by atoms with Crippen LogP contribution in [0.5, 0.6) is 0 Å². The number of hydrogen-bond acceptors (Lipinski definition) is 3. The molecule has 3 aromatic rings. The minimum Gasteiger partial charge on any atom is -0.361 e. The number of aromatic nitrogens is 1. The molecule has 0 aliphatic rings. The lowest BCUT2D eigenvalue weighted by molar-refractivity contribution is 0.392. The van der Waals surface area contributed by atoms with Gasteiger partial charge in [-0.05, 0) is 30.5 Å². The molecule has 1 aromatic heterocycles. The molecular formula is C19H19NO2S. The molecule has 4 heteroatoms. The zero-order valence-corrected chi connectivity index (χ0v) is 14.0. The van der Waals surface area contributed by atoms with Crippen molar-refractivity contribution in [2.75, 3.05) is 0 Å². The molecule has 2 aromatic carbocycles. The molecule has 0 bridgehead atoms. The van der Waals surface area contributed by atoms with Gasteiger partial charge >= 0.3 is 0 Å². The Morgan fingerprint density at radius 3 is 2.39 bits per heavy atom. The Balaban J connectivity index is 1.98. The molecule has 0 spiro atoms. The van der Waals surface area contributed by atoms with Gasteiger partial charge < -0.3 is 4.52 Å². The van der Waals surface area contributed by atoms with Gasteiger partial charge in [0.05, 0.1) is 16.7 Å². The van der Waals surface area contributed by atoms with Crippen LogP contribution in [0, 0.1) is 13.8 Å². The van der Waals surface area contributed by atoms with Gasteiger partial charge in [-0.1, -0.05) is 59.8 Å². The Labute approximate surface area is 138 Å². The van der Waals surface area contributed by atoms with Crippen molar-refractivity contribution in [2.45, 2.75) is 24.9 Å². The van der Waals surface area contributed by atoms with Gasteiger partial charge in [0.2, 0.25) is 0 Å². The van der Waals surface area contributed by atoms with Crippen LogP contribution in [0.3, 0.4) is 0 Å². The first-order valence-electron chi connectivity index (χ1n) is 7.55. The van der Waals surface area contributed by atoms with Crippen molar-refractivity contribution >= 4 is 10.8 Å². The summed E-state index contributed by atoms with van der Waals surface area (Å²) < 4.78 is 18.2. The third kappa shape index (κ3) is 3.59. The van der Waals surface area contributed by atoms with Gasteiger partial charge in [0.1, 0.15) is 5.76 Å². The Kier molecular flexibility index (Phi) is 4.72. The van der Waals surface area contributed by atoms with Crippen molar-refractivity contribution in [3.8, 4) is 0 Å². The van der Waals surface area contributed by atoms with Crippen molar-refractivity contribution in [1.82, 2.24) is 5.16 Å². The van der Waals surface area contributed by atoms with Crippen LogP contribution in [0.1, 0.15) is 33.4 Å². The maximum Gasteiger partial charge on any atom is 0.133 e. The SMILES string of the molecule is Cc1cc(C[S@](=O)[C@H](c2ccccc2)c2ccccc2C)no1. The zero-order chi connectivity index (χ0) is 16.2. The number of benzene rings is 2. The lowest BCUT2D eigenvalue weighted by atomic mass is 10.0. The van der Waals surface area contributed by atoms with Crippen LogP contribution in [0.2, 0.25) is 0 Å². The minimum atomic E-state index is -1.13. The number of aryl methyl sites for hydroxylation is 2. The molecule has 0 aliphatic heterocycles. The highest BCUT2D eigenvalue weighted by Gasteiger charge is 2.23. The predicted molar refractivity (Wildman–Crippen MR) is 92.6 cm³/mol. The van der Waals surface area contributed by atoms with E-state index in [4.69, 9.17) is 4.52 Å². The van der Waals surface area contributed by atoms with E-state index < -0.39 is 10.8 Å². The molecule has 3 nitrogen and oxygen atoms in total. The molecule has 118 valence electrons. The van der Waals surface area contributed by atoms with Crippen molar-refractivity contribution in [3.05, 3.63) is 88.8 Å². The summed E-state index contributed by atoms with van der Waals surface area (Å²) in [6.45, 7) is 3.90. The summed E-state index contributed by atoms with van der Waals surface area (Å²) in [4.78, 5) is 0. The summed E-state index contributed by atoms with van der Waals surface area (Å²) >= 11 is 0. The molecule has 3 rings (SSSR count). The fraction of sp³-hybridized carbons (Fsp3) is 0.211. The molecule has 0 aliphatic carbocycles. The van der Waals surface area contributed by atoms with Crippen molar-refractivity contribution in [1.29, 1.82) is 0 Å². The highest BCUT2D eigenvalue weighted by Crippen LogP contribution is 2.31. The van der Waals surface area contributed by atoms with Gasteiger partial charge in [-0.2, -0.15) is 0 Å². The van der Waals surface area contributed by atoms with E-state index in [9.17, 15) is 4.21 Å². The van der Waals surface area contributed by atoms with Crippen LogP contribution < -0.4 is 0 Å². The molecule has 0 radical (unpaired) electrons. The van der Waals surface area contributed by atoms with Crippen molar-refractivity contribution < 1.29 is 8.73 Å². The number of nitrogens with zero attached hydrogens (tertiary/aromatic N) is 1. The third-order valence-corrected chi connectivity index (χ3v) is 5.44. The lowest BCUT2D eigenvalue weighted by Gasteiger charge is -2.19. The summed E-state index contributed by atoms with van der Waals surface area (Å²) in [5, 5.41) is 3.81. The lowest BCUT2D eigenvalue weighted by Crippen LogP contribution is -2.12. The molecule has 1 heterocycles. The molecule has 2 atom stereocenters. The van der Waals surface area contributed by atoms with Gasteiger partial charge in [-0.15, -0.1) is 0 Å². The van der Waals surface area contributed by atoms with E-state index in [-0.39, 0.29) is 5.25 Å². The van der Waals surface area contributed by atoms with Gasteiger partial charge in [0.15, 0.2) is 0 Å². The third-order valence-electron chi connectivity index (χ3n) is 3.80. The molecule has 0 amide bonds. The maximum absolute atomic E-state index is 13.1. The quantitative estimate of drug-likeness (QED) is 0.701. The molecule has 23 heavy (non-hydrogen) atoms. The highest BCUT2D eigenvalue weighted by molar-refractivity contribution is 7.84. The van der Waals surface area contributed by atoms with E-state index in [0.717, 1.165) is 28.1 Å². The van der Waals surface area contributed by atoms with Crippen LogP contribution >= 0.6 is 0 Å². The normalized spacial score (nSPS) is 13.7. The van der Waals surface area contributed by atoms with Crippen LogP contribution in [0.25, 0.3) is 0 Å². The van der Waals surface area contributed by atoms with E-state index in [1.54, 1.807) is 0 Å². The number of rotatable bonds is 5. The van der Waals surface area contributed by atoms with Crippen molar-refractivity contribution in [3.63, 3.8) is 0 Å². The fourth-order valence-electron chi connectivity index (χ4n) is 2.70. The molecule has 0 saturated heterocycles. The summed E-state index contributed by atoms with van der Waals surface area (Å²) in [6, 6.07) is 20.0. The predicted octanol–water partition coefficient (Wildman–Crippen LogP) is 4.33. The maximum atomic E-state index is 13.1.